The monoisotopic (exact) mass is 290 g/mol. The van der Waals surface area contributed by atoms with Crippen molar-refractivity contribution in [2.45, 2.75) is 37.0 Å². The number of nitrogens with zero attached hydrogens (tertiary/aromatic N) is 2. The van der Waals surface area contributed by atoms with Gasteiger partial charge in [0.15, 0.2) is 5.25 Å². The Balaban J connectivity index is 2.21. The van der Waals surface area contributed by atoms with Crippen LogP contribution in [0.5, 0.6) is 0 Å². The summed E-state index contributed by atoms with van der Waals surface area (Å²) in [5.41, 5.74) is 0. The van der Waals surface area contributed by atoms with Crippen molar-refractivity contribution in [3.63, 3.8) is 0 Å². The van der Waals surface area contributed by atoms with Crippen molar-refractivity contribution in [3.8, 4) is 0 Å². The second kappa shape index (κ2) is 5.09. The van der Waals surface area contributed by atoms with Crippen molar-refractivity contribution in [1.29, 1.82) is 0 Å². The predicted molar refractivity (Wildman–Crippen MR) is 66.9 cm³/mol. The lowest BCUT2D eigenvalue weighted by atomic mass is 10.0. The van der Waals surface area contributed by atoms with Gasteiger partial charge in [0, 0.05) is 20.1 Å². The first-order valence-electron chi connectivity index (χ1n) is 6.34. The number of likely N-dealkylation sites (tertiary alicyclic amines) is 1. The Morgan fingerprint density at radius 1 is 1.16 bits per heavy atom. The average Bonchev–Trinajstić information content (AvgIpc) is 2.63. The van der Waals surface area contributed by atoms with Gasteiger partial charge in [0.2, 0.25) is 15.9 Å². The summed E-state index contributed by atoms with van der Waals surface area (Å²) in [4.78, 5) is 24.7. The van der Waals surface area contributed by atoms with Gasteiger partial charge in [0.05, 0.1) is 0 Å². The molecular formula is C11H18N2O5S. The molecule has 0 aromatic carbocycles. The summed E-state index contributed by atoms with van der Waals surface area (Å²) < 4.78 is 25.1. The van der Waals surface area contributed by atoms with Gasteiger partial charge < -0.3 is 10.0 Å². The van der Waals surface area contributed by atoms with E-state index in [0.29, 0.717) is 19.5 Å². The second-order valence-corrected chi connectivity index (χ2v) is 7.25. The van der Waals surface area contributed by atoms with Gasteiger partial charge in [-0.1, -0.05) is 0 Å². The zero-order valence-corrected chi connectivity index (χ0v) is 11.6. The normalized spacial score (nSPS) is 31.3. The molecule has 0 aliphatic carbocycles. The molecular weight excluding hydrogens is 272 g/mol. The van der Waals surface area contributed by atoms with Crippen molar-refractivity contribution < 1.29 is 23.1 Å². The summed E-state index contributed by atoms with van der Waals surface area (Å²) in [6.07, 6.45) is 2.10. The summed E-state index contributed by atoms with van der Waals surface area (Å²) in [5, 5.41) is 8.02. The van der Waals surface area contributed by atoms with Crippen molar-refractivity contribution in [1.82, 2.24) is 9.21 Å². The van der Waals surface area contributed by atoms with Crippen molar-refractivity contribution in [2.24, 2.45) is 0 Å². The Morgan fingerprint density at radius 2 is 1.84 bits per heavy atom. The molecule has 0 spiro atoms. The first-order chi connectivity index (χ1) is 8.85. The van der Waals surface area contributed by atoms with Gasteiger partial charge >= 0.3 is 5.97 Å². The molecule has 7 nitrogen and oxygen atoms in total. The number of hydrogen-bond donors (Lipinski definition) is 1. The van der Waals surface area contributed by atoms with Gasteiger partial charge in [-0.25, -0.2) is 17.5 Å². The van der Waals surface area contributed by atoms with E-state index in [2.05, 4.69) is 0 Å². The molecule has 2 atom stereocenters. The largest absolute Gasteiger partial charge is 0.480 e. The third-order valence-electron chi connectivity index (χ3n) is 3.85. The van der Waals surface area contributed by atoms with E-state index >= 15 is 0 Å². The van der Waals surface area contributed by atoms with Gasteiger partial charge in [-0.3, -0.25) is 4.79 Å². The molecule has 1 amide bonds. The fourth-order valence-electron chi connectivity index (χ4n) is 2.68. The summed E-state index contributed by atoms with van der Waals surface area (Å²) in [5.74, 6) is -1.62. The number of rotatable bonds is 2. The maximum absolute atomic E-state index is 12.3. The van der Waals surface area contributed by atoms with Crippen LogP contribution in [0.15, 0.2) is 0 Å². The highest BCUT2D eigenvalue weighted by atomic mass is 32.2. The molecule has 108 valence electrons. The molecule has 0 radical (unpaired) electrons. The minimum atomic E-state index is -3.61. The van der Waals surface area contributed by atoms with Crippen LogP contribution >= 0.6 is 0 Å². The predicted octanol–water partition coefficient (Wildman–Crippen LogP) is -0.514. The summed E-state index contributed by atoms with van der Waals surface area (Å²) >= 11 is 0. The molecule has 19 heavy (non-hydrogen) atoms. The molecule has 2 aliphatic rings. The molecule has 0 aromatic rings. The standard InChI is InChI=1S/C11H18N2O5S/c1-12-7-5-9(19(12,17)18)10(14)13-6-3-2-4-8(13)11(15)16/h8-9H,2-7H2,1H3,(H,15,16). The average molecular weight is 290 g/mol. The quantitative estimate of drug-likeness (QED) is 0.739. The van der Waals surface area contributed by atoms with Crippen LogP contribution in [0, 0.1) is 0 Å². The number of piperidine rings is 1. The highest BCUT2D eigenvalue weighted by molar-refractivity contribution is 7.90. The van der Waals surface area contributed by atoms with E-state index < -0.39 is 33.2 Å². The Kier molecular flexibility index (Phi) is 3.82. The van der Waals surface area contributed by atoms with Crippen molar-refractivity contribution >= 4 is 21.9 Å². The Morgan fingerprint density at radius 3 is 2.37 bits per heavy atom. The number of carbonyl (C=O) groups is 2. The van der Waals surface area contributed by atoms with Gasteiger partial charge in [-0.2, -0.15) is 0 Å². The van der Waals surface area contributed by atoms with Gasteiger partial charge in [-0.15, -0.1) is 0 Å². The molecule has 1 N–H and O–H groups in total. The number of amides is 1. The maximum atomic E-state index is 12.3. The number of sulfonamides is 1. The van der Waals surface area contributed by atoms with Crippen LogP contribution in [0.4, 0.5) is 0 Å². The third kappa shape index (κ3) is 2.46. The Hall–Kier alpha value is -1.15. The van der Waals surface area contributed by atoms with Gasteiger partial charge in [-0.05, 0) is 25.7 Å². The first-order valence-corrected chi connectivity index (χ1v) is 7.84. The SMILES string of the molecule is CN1CCC(C(=O)N2CCCCC2C(=O)O)S1(=O)=O. The molecule has 2 fully saturated rings. The van der Waals surface area contributed by atoms with E-state index in [1.54, 1.807) is 0 Å². The topological polar surface area (TPSA) is 95.0 Å². The van der Waals surface area contributed by atoms with Crippen molar-refractivity contribution in [3.05, 3.63) is 0 Å². The lowest BCUT2D eigenvalue weighted by Crippen LogP contribution is -2.52. The lowest BCUT2D eigenvalue weighted by molar-refractivity contribution is -0.151. The Bertz CT molecular complexity index is 489. The fraction of sp³-hybridized carbons (Fsp3) is 0.818. The van der Waals surface area contributed by atoms with E-state index in [0.717, 1.165) is 17.1 Å². The number of carbonyl (C=O) groups excluding carboxylic acids is 1. The van der Waals surface area contributed by atoms with Crippen LogP contribution in [-0.2, 0) is 19.6 Å². The molecule has 2 heterocycles. The minimum absolute atomic E-state index is 0.237. The number of carboxylic acid groups (broad SMARTS) is 1. The van der Waals surface area contributed by atoms with Crippen LogP contribution < -0.4 is 0 Å². The van der Waals surface area contributed by atoms with Crippen LogP contribution in [0.2, 0.25) is 0 Å². The maximum Gasteiger partial charge on any atom is 0.326 e. The first kappa shape index (κ1) is 14.3. The van der Waals surface area contributed by atoms with Crippen LogP contribution in [0.25, 0.3) is 0 Å². The van der Waals surface area contributed by atoms with E-state index in [1.165, 1.54) is 11.9 Å². The second-order valence-electron chi connectivity index (χ2n) is 5.03. The van der Waals surface area contributed by atoms with E-state index in [9.17, 15) is 18.0 Å². The molecule has 2 unspecified atom stereocenters. The Labute approximate surface area is 112 Å². The van der Waals surface area contributed by atoms with Gasteiger partial charge in [0.1, 0.15) is 6.04 Å². The van der Waals surface area contributed by atoms with Crippen LogP contribution in [-0.4, -0.2) is 66.0 Å². The number of carboxylic acids is 1. The van der Waals surface area contributed by atoms with E-state index in [4.69, 9.17) is 5.11 Å². The fourth-order valence-corrected chi connectivity index (χ4v) is 4.27. The molecule has 2 aliphatic heterocycles. The van der Waals surface area contributed by atoms with Crippen LogP contribution in [0.3, 0.4) is 0 Å². The summed E-state index contributed by atoms with van der Waals surface area (Å²) in [6.45, 7) is 0.635. The highest BCUT2D eigenvalue weighted by Crippen LogP contribution is 2.25. The van der Waals surface area contributed by atoms with E-state index in [1.807, 2.05) is 0 Å². The zero-order valence-electron chi connectivity index (χ0n) is 10.8. The lowest BCUT2D eigenvalue weighted by Gasteiger charge is -2.34. The molecule has 2 rings (SSSR count). The summed E-state index contributed by atoms with van der Waals surface area (Å²) in [6, 6.07) is -0.887. The molecule has 0 bridgehead atoms. The molecule has 0 aromatic heterocycles. The molecule has 0 saturated carbocycles. The smallest absolute Gasteiger partial charge is 0.326 e. The molecule has 2 saturated heterocycles. The van der Waals surface area contributed by atoms with Crippen LogP contribution in [0.1, 0.15) is 25.7 Å². The van der Waals surface area contributed by atoms with Gasteiger partial charge in [0.25, 0.3) is 0 Å². The molecule has 8 heteroatoms. The van der Waals surface area contributed by atoms with Crippen molar-refractivity contribution in [2.75, 3.05) is 20.1 Å². The number of aliphatic carboxylic acids is 1. The third-order valence-corrected chi connectivity index (χ3v) is 6.05. The zero-order chi connectivity index (χ0) is 14.2. The highest BCUT2D eigenvalue weighted by Gasteiger charge is 2.45. The minimum Gasteiger partial charge on any atom is -0.480 e. The van der Waals surface area contributed by atoms with E-state index in [-0.39, 0.29) is 6.42 Å². The summed E-state index contributed by atoms with van der Waals surface area (Å²) in [7, 11) is -2.18. The number of hydrogen-bond acceptors (Lipinski definition) is 4.